The van der Waals surface area contributed by atoms with Gasteiger partial charge >= 0.3 is 0 Å². The summed E-state index contributed by atoms with van der Waals surface area (Å²) in [6.45, 7) is 0.639. The van der Waals surface area contributed by atoms with Gasteiger partial charge in [0.25, 0.3) is 0 Å². The van der Waals surface area contributed by atoms with Gasteiger partial charge in [-0.3, -0.25) is 0 Å². The van der Waals surface area contributed by atoms with Gasteiger partial charge in [0.2, 0.25) is 0 Å². The van der Waals surface area contributed by atoms with Crippen LogP contribution in [0.15, 0.2) is 12.3 Å². The summed E-state index contributed by atoms with van der Waals surface area (Å²) in [6.07, 6.45) is 10.8. The van der Waals surface area contributed by atoms with Gasteiger partial charge in [-0.15, -0.1) is 0 Å². The highest BCUT2D eigenvalue weighted by molar-refractivity contribution is 4.84. The molecule has 2 nitrogen and oxygen atoms in total. The van der Waals surface area contributed by atoms with Crippen LogP contribution in [0.25, 0.3) is 0 Å². The van der Waals surface area contributed by atoms with Gasteiger partial charge in [0.05, 0.1) is 0 Å². The molecule has 0 aromatic heterocycles. The molecule has 0 atom stereocenters. The minimum atomic E-state index is 0.639. The Morgan fingerprint density at radius 1 is 1.27 bits per heavy atom. The second-order valence-corrected chi connectivity index (χ2v) is 3.14. The maximum atomic E-state index is 5.32. The Morgan fingerprint density at radius 3 is 2.64 bits per heavy atom. The zero-order chi connectivity index (χ0) is 7.94. The molecule has 0 bridgehead atoms. The van der Waals surface area contributed by atoms with E-state index >= 15 is 0 Å². The SMILES string of the molecule is NC/C=C/NC1CCCCC1. The number of nitrogens with two attached hydrogens (primary N) is 1. The van der Waals surface area contributed by atoms with Crippen molar-refractivity contribution in [2.24, 2.45) is 5.73 Å². The number of nitrogens with one attached hydrogen (secondary N) is 1. The molecule has 0 unspecified atom stereocenters. The van der Waals surface area contributed by atoms with E-state index in [9.17, 15) is 0 Å². The smallest absolute Gasteiger partial charge is 0.0255 e. The van der Waals surface area contributed by atoms with Gasteiger partial charge in [-0.2, -0.15) is 0 Å². The third-order valence-corrected chi connectivity index (χ3v) is 2.19. The molecule has 0 amide bonds. The number of hydrogen-bond acceptors (Lipinski definition) is 2. The molecule has 0 aliphatic heterocycles. The zero-order valence-corrected chi connectivity index (χ0v) is 7.05. The number of rotatable bonds is 3. The summed E-state index contributed by atoms with van der Waals surface area (Å²) in [5.74, 6) is 0. The van der Waals surface area contributed by atoms with Gasteiger partial charge in [0, 0.05) is 12.6 Å². The standard InChI is InChI=1S/C9H18N2/c10-7-4-8-11-9-5-2-1-3-6-9/h4,8-9,11H,1-3,5-7,10H2/b8-4+. The van der Waals surface area contributed by atoms with Crippen LogP contribution in [0.5, 0.6) is 0 Å². The summed E-state index contributed by atoms with van der Waals surface area (Å²) < 4.78 is 0. The van der Waals surface area contributed by atoms with Crippen LogP contribution in [0.3, 0.4) is 0 Å². The molecule has 1 aliphatic rings. The van der Waals surface area contributed by atoms with Crippen molar-refractivity contribution in [1.82, 2.24) is 5.32 Å². The van der Waals surface area contributed by atoms with Crippen molar-refractivity contribution in [1.29, 1.82) is 0 Å². The van der Waals surface area contributed by atoms with Gasteiger partial charge in [0.15, 0.2) is 0 Å². The van der Waals surface area contributed by atoms with Crippen molar-refractivity contribution in [2.45, 2.75) is 38.1 Å². The van der Waals surface area contributed by atoms with Crippen molar-refractivity contribution in [2.75, 3.05) is 6.54 Å². The first kappa shape index (κ1) is 8.60. The van der Waals surface area contributed by atoms with Crippen molar-refractivity contribution >= 4 is 0 Å². The Hall–Kier alpha value is -0.500. The van der Waals surface area contributed by atoms with E-state index < -0.39 is 0 Å². The van der Waals surface area contributed by atoms with Gasteiger partial charge in [-0.25, -0.2) is 0 Å². The van der Waals surface area contributed by atoms with Crippen LogP contribution < -0.4 is 11.1 Å². The topological polar surface area (TPSA) is 38.0 Å². The predicted octanol–water partition coefficient (Wildman–Crippen LogP) is 1.38. The average molecular weight is 154 g/mol. The largest absolute Gasteiger partial charge is 0.388 e. The third-order valence-electron chi connectivity index (χ3n) is 2.19. The van der Waals surface area contributed by atoms with Crippen molar-refractivity contribution in [3.63, 3.8) is 0 Å². The second kappa shape index (κ2) is 5.19. The van der Waals surface area contributed by atoms with Crippen molar-refractivity contribution in [3.05, 3.63) is 12.3 Å². The summed E-state index contributed by atoms with van der Waals surface area (Å²) in [5, 5.41) is 3.36. The fraction of sp³-hybridized carbons (Fsp3) is 0.778. The Kier molecular flexibility index (Phi) is 4.06. The van der Waals surface area contributed by atoms with Crippen LogP contribution in [-0.4, -0.2) is 12.6 Å². The van der Waals surface area contributed by atoms with E-state index in [1.165, 1.54) is 32.1 Å². The molecule has 1 rings (SSSR count). The molecular formula is C9H18N2. The lowest BCUT2D eigenvalue weighted by Crippen LogP contribution is -2.26. The Balaban J connectivity index is 2.09. The van der Waals surface area contributed by atoms with Gasteiger partial charge < -0.3 is 11.1 Å². The summed E-state index contributed by atoms with van der Waals surface area (Å²) in [4.78, 5) is 0. The summed E-state index contributed by atoms with van der Waals surface area (Å²) >= 11 is 0. The van der Waals surface area contributed by atoms with E-state index in [1.807, 2.05) is 12.3 Å². The fourth-order valence-corrected chi connectivity index (χ4v) is 1.54. The lowest BCUT2D eigenvalue weighted by molar-refractivity contribution is 0.404. The van der Waals surface area contributed by atoms with Crippen LogP contribution in [0.4, 0.5) is 0 Å². The number of hydrogen-bond donors (Lipinski definition) is 2. The highest BCUT2D eigenvalue weighted by Crippen LogP contribution is 2.16. The Bertz CT molecular complexity index is 115. The Labute approximate surface area is 68.9 Å². The molecule has 3 N–H and O–H groups in total. The monoisotopic (exact) mass is 154 g/mol. The molecule has 1 aliphatic carbocycles. The zero-order valence-electron chi connectivity index (χ0n) is 7.05. The molecule has 1 saturated carbocycles. The minimum absolute atomic E-state index is 0.639. The van der Waals surface area contributed by atoms with Crippen LogP contribution in [-0.2, 0) is 0 Å². The van der Waals surface area contributed by atoms with E-state index in [4.69, 9.17) is 5.73 Å². The second-order valence-electron chi connectivity index (χ2n) is 3.14. The molecule has 1 fully saturated rings. The van der Waals surface area contributed by atoms with E-state index in [2.05, 4.69) is 5.32 Å². The van der Waals surface area contributed by atoms with Gasteiger partial charge in [-0.05, 0) is 19.0 Å². The molecular weight excluding hydrogens is 136 g/mol. The van der Waals surface area contributed by atoms with Crippen molar-refractivity contribution < 1.29 is 0 Å². The molecule has 2 heteroatoms. The van der Waals surface area contributed by atoms with Crippen molar-refractivity contribution in [3.8, 4) is 0 Å². The van der Waals surface area contributed by atoms with Crippen LogP contribution in [0.1, 0.15) is 32.1 Å². The quantitative estimate of drug-likeness (QED) is 0.644. The predicted molar refractivity (Wildman–Crippen MR) is 48.2 cm³/mol. The summed E-state index contributed by atoms with van der Waals surface area (Å²) in [5.41, 5.74) is 5.32. The molecule has 0 aromatic carbocycles. The first-order chi connectivity index (χ1) is 5.43. The van der Waals surface area contributed by atoms with Crippen LogP contribution in [0.2, 0.25) is 0 Å². The first-order valence-corrected chi connectivity index (χ1v) is 4.54. The average Bonchev–Trinajstić information content (AvgIpc) is 2.07. The van der Waals surface area contributed by atoms with E-state index in [1.54, 1.807) is 0 Å². The Morgan fingerprint density at radius 2 is 2.00 bits per heavy atom. The highest BCUT2D eigenvalue weighted by atomic mass is 14.9. The van der Waals surface area contributed by atoms with E-state index in [0.29, 0.717) is 12.6 Å². The maximum absolute atomic E-state index is 5.32. The molecule has 0 aromatic rings. The minimum Gasteiger partial charge on any atom is -0.388 e. The molecule has 0 heterocycles. The third kappa shape index (κ3) is 3.42. The van der Waals surface area contributed by atoms with Gasteiger partial charge in [0.1, 0.15) is 0 Å². The van der Waals surface area contributed by atoms with Crippen LogP contribution >= 0.6 is 0 Å². The highest BCUT2D eigenvalue weighted by Gasteiger charge is 2.10. The molecule has 0 radical (unpaired) electrons. The normalized spacial score (nSPS) is 20.8. The molecule has 64 valence electrons. The molecule has 0 saturated heterocycles. The maximum Gasteiger partial charge on any atom is 0.0255 e. The lowest BCUT2D eigenvalue weighted by Gasteiger charge is -2.21. The molecule has 0 spiro atoms. The summed E-state index contributed by atoms with van der Waals surface area (Å²) in [6, 6.07) is 0.714. The first-order valence-electron chi connectivity index (χ1n) is 4.54. The molecule has 11 heavy (non-hydrogen) atoms. The van der Waals surface area contributed by atoms with Gasteiger partial charge in [-0.1, -0.05) is 25.3 Å². The fourth-order valence-electron chi connectivity index (χ4n) is 1.54. The van der Waals surface area contributed by atoms with E-state index in [-0.39, 0.29) is 0 Å². The lowest BCUT2D eigenvalue weighted by atomic mass is 9.96. The summed E-state index contributed by atoms with van der Waals surface area (Å²) in [7, 11) is 0. The van der Waals surface area contributed by atoms with E-state index in [0.717, 1.165) is 0 Å². The van der Waals surface area contributed by atoms with Crippen LogP contribution in [0, 0.1) is 0 Å².